The highest BCUT2D eigenvalue weighted by Crippen LogP contribution is 2.13. The number of H-pyrrole nitrogens is 1. The van der Waals surface area contributed by atoms with Gasteiger partial charge in [0.05, 0.1) is 11.4 Å². The van der Waals surface area contributed by atoms with Gasteiger partial charge in [0.2, 0.25) is 0 Å². The van der Waals surface area contributed by atoms with E-state index in [9.17, 15) is 0 Å². The van der Waals surface area contributed by atoms with Crippen LogP contribution >= 0.6 is 12.2 Å². The number of hydrogen-bond acceptors (Lipinski definition) is 4. The van der Waals surface area contributed by atoms with Gasteiger partial charge in [-0.15, -0.1) is 0 Å². The normalized spacial score (nSPS) is 10.3. The topological polar surface area (TPSA) is 50.8 Å². The van der Waals surface area contributed by atoms with Crippen LogP contribution in [0.2, 0.25) is 0 Å². The number of aromatic nitrogens is 3. The molecule has 5 heteroatoms. The first-order valence-corrected chi connectivity index (χ1v) is 5.21. The van der Waals surface area contributed by atoms with E-state index in [-0.39, 0.29) is 0 Å². The second kappa shape index (κ2) is 4.96. The summed E-state index contributed by atoms with van der Waals surface area (Å²) in [5, 5.41) is 0. The third-order valence-corrected chi connectivity index (χ3v) is 2.22. The first-order valence-electron chi connectivity index (χ1n) is 4.80. The highest BCUT2D eigenvalue weighted by molar-refractivity contribution is 7.71. The van der Waals surface area contributed by atoms with E-state index in [2.05, 4.69) is 15.0 Å². The van der Waals surface area contributed by atoms with Crippen molar-refractivity contribution in [1.82, 2.24) is 15.0 Å². The van der Waals surface area contributed by atoms with Crippen molar-refractivity contribution in [2.45, 2.75) is 6.61 Å². The second-order valence-corrected chi connectivity index (χ2v) is 3.65. The third-order valence-electron chi connectivity index (χ3n) is 2.01. The molecule has 0 spiro atoms. The van der Waals surface area contributed by atoms with Crippen molar-refractivity contribution in [3.05, 3.63) is 40.9 Å². The standard InChI is InChI=1S/C11H11N3OS/c1-15-7-10-13-9(6-11(16)14-10)8-4-2-3-5-12-8/h2-6H,7H2,1H3,(H,13,14,16). The molecule has 0 bridgehead atoms. The Morgan fingerprint density at radius 3 is 3.00 bits per heavy atom. The van der Waals surface area contributed by atoms with Gasteiger partial charge in [0.15, 0.2) is 0 Å². The third kappa shape index (κ3) is 2.50. The Labute approximate surface area is 98.3 Å². The molecule has 0 saturated heterocycles. The van der Waals surface area contributed by atoms with Crippen LogP contribution in [0.4, 0.5) is 0 Å². The smallest absolute Gasteiger partial charge is 0.134 e. The highest BCUT2D eigenvalue weighted by Gasteiger charge is 2.02. The number of aromatic amines is 1. The van der Waals surface area contributed by atoms with E-state index >= 15 is 0 Å². The van der Waals surface area contributed by atoms with Crippen molar-refractivity contribution < 1.29 is 4.74 Å². The lowest BCUT2D eigenvalue weighted by Gasteiger charge is -2.04. The number of ether oxygens (including phenoxy) is 1. The number of hydrogen-bond donors (Lipinski definition) is 1. The van der Waals surface area contributed by atoms with Crippen molar-refractivity contribution in [1.29, 1.82) is 0 Å². The minimum atomic E-state index is 0.407. The van der Waals surface area contributed by atoms with E-state index in [1.807, 2.05) is 18.2 Å². The van der Waals surface area contributed by atoms with E-state index in [0.717, 1.165) is 11.4 Å². The first-order chi connectivity index (χ1) is 7.79. The van der Waals surface area contributed by atoms with E-state index in [4.69, 9.17) is 17.0 Å². The number of pyridine rings is 1. The number of nitrogens with one attached hydrogen (secondary N) is 1. The zero-order valence-electron chi connectivity index (χ0n) is 8.80. The summed E-state index contributed by atoms with van der Waals surface area (Å²) in [6.07, 6.45) is 1.74. The summed E-state index contributed by atoms with van der Waals surface area (Å²) >= 11 is 5.09. The van der Waals surface area contributed by atoms with Crippen LogP contribution in [0.15, 0.2) is 30.5 Å². The van der Waals surface area contributed by atoms with Crippen LogP contribution in [0.5, 0.6) is 0 Å². The van der Waals surface area contributed by atoms with E-state index in [1.165, 1.54) is 0 Å². The summed E-state index contributed by atoms with van der Waals surface area (Å²) in [4.78, 5) is 11.5. The van der Waals surface area contributed by atoms with Crippen LogP contribution in [-0.2, 0) is 11.3 Å². The van der Waals surface area contributed by atoms with Crippen LogP contribution in [-0.4, -0.2) is 22.1 Å². The molecule has 16 heavy (non-hydrogen) atoms. The molecule has 2 aromatic rings. The lowest BCUT2D eigenvalue weighted by atomic mass is 10.2. The van der Waals surface area contributed by atoms with Gasteiger partial charge < -0.3 is 9.72 Å². The largest absolute Gasteiger partial charge is 0.377 e. The molecule has 0 radical (unpaired) electrons. The molecule has 0 aliphatic carbocycles. The molecule has 0 aliphatic rings. The van der Waals surface area contributed by atoms with Crippen molar-refractivity contribution in [3.8, 4) is 11.4 Å². The molecule has 2 aromatic heterocycles. The summed E-state index contributed by atoms with van der Waals surface area (Å²) in [7, 11) is 1.62. The lowest BCUT2D eigenvalue weighted by Crippen LogP contribution is -1.99. The molecule has 0 atom stereocenters. The maximum absolute atomic E-state index is 5.09. The van der Waals surface area contributed by atoms with Gasteiger partial charge in [0.25, 0.3) is 0 Å². The van der Waals surface area contributed by atoms with Gasteiger partial charge in [0.1, 0.15) is 17.1 Å². The summed E-state index contributed by atoms with van der Waals surface area (Å²) in [6, 6.07) is 7.50. The average molecular weight is 233 g/mol. The van der Waals surface area contributed by atoms with Gasteiger partial charge in [-0.25, -0.2) is 4.98 Å². The molecule has 82 valence electrons. The van der Waals surface area contributed by atoms with Crippen molar-refractivity contribution >= 4 is 12.2 Å². The molecule has 2 heterocycles. The number of rotatable bonds is 3. The quantitative estimate of drug-likeness (QED) is 0.827. The fraction of sp³-hybridized carbons (Fsp3) is 0.182. The summed E-state index contributed by atoms with van der Waals surface area (Å²) in [6.45, 7) is 0.407. The summed E-state index contributed by atoms with van der Waals surface area (Å²) in [5.41, 5.74) is 1.70. The van der Waals surface area contributed by atoms with Gasteiger partial charge >= 0.3 is 0 Å². The fourth-order valence-electron chi connectivity index (χ4n) is 1.37. The van der Waals surface area contributed by atoms with Gasteiger partial charge in [-0.05, 0) is 12.1 Å². The van der Waals surface area contributed by atoms with E-state index in [0.29, 0.717) is 17.1 Å². The van der Waals surface area contributed by atoms with Crippen LogP contribution < -0.4 is 0 Å². The Kier molecular flexibility index (Phi) is 3.38. The summed E-state index contributed by atoms with van der Waals surface area (Å²) in [5.74, 6) is 0.704. The molecule has 0 saturated carbocycles. The Balaban J connectivity index is 2.45. The van der Waals surface area contributed by atoms with Gasteiger partial charge in [-0.3, -0.25) is 4.98 Å². The molecule has 0 aromatic carbocycles. The van der Waals surface area contributed by atoms with Crippen LogP contribution in [0.1, 0.15) is 5.82 Å². The molecule has 1 N–H and O–H groups in total. The average Bonchev–Trinajstić information content (AvgIpc) is 2.30. The number of nitrogens with zero attached hydrogens (tertiary/aromatic N) is 2. The maximum atomic E-state index is 5.09. The van der Waals surface area contributed by atoms with Crippen molar-refractivity contribution in [2.24, 2.45) is 0 Å². The Morgan fingerprint density at radius 1 is 1.44 bits per heavy atom. The maximum Gasteiger partial charge on any atom is 0.134 e. The minimum Gasteiger partial charge on any atom is -0.377 e. The predicted octanol–water partition coefficient (Wildman–Crippen LogP) is 2.35. The van der Waals surface area contributed by atoms with Crippen molar-refractivity contribution in [2.75, 3.05) is 7.11 Å². The molecular formula is C11H11N3OS. The molecular weight excluding hydrogens is 222 g/mol. The number of methoxy groups -OCH3 is 1. The molecule has 0 amide bonds. The zero-order chi connectivity index (χ0) is 11.4. The van der Waals surface area contributed by atoms with E-state index < -0.39 is 0 Å². The first kappa shape index (κ1) is 10.9. The SMILES string of the molecule is COCc1nc(=S)cc(-c2ccccn2)[nH]1. The Hall–Kier alpha value is -1.59. The predicted molar refractivity (Wildman–Crippen MR) is 63.4 cm³/mol. The van der Waals surface area contributed by atoms with Gasteiger partial charge in [-0.2, -0.15) is 0 Å². The molecule has 0 fully saturated rings. The van der Waals surface area contributed by atoms with E-state index in [1.54, 1.807) is 19.4 Å². The Bertz CT molecular complexity index is 524. The highest BCUT2D eigenvalue weighted by atomic mass is 32.1. The van der Waals surface area contributed by atoms with Crippen LogP contribution in [0, 0.1) is 4.64 Å². The Morgan fingerprint density at radius 2 is 2.31 bits per heavy atom. The molecule has 0 unspecified atom stereocenters. The fourth-order valence-corrected chi connectivity index (χ4v) is 1.60. The molecule has 4 nitrogen and oxygen atoms in total. The van der Waals surface area contributed by atoms with Crippen LogP contribution in [0.3, 0.4) is 0 Å². The molecule has 0 aliphatic heterocycles. The monoisotopic (exact) mass is 233 g/mol. The summed E-state index contributed by atoms with van der Waals surface area (Å²) < 4.78 is 5.55. The lowest BCUT2D eigenvalue weighted by molar-refractivity contribution is 0.177. The zero-order valence-corrected chi connectivity index (χ0v) is 9.62. The molecule has 2 rings (SSSR count). The van der Waals surface area contributed by atoms with Gasteiger partial charge in [-0.1, -0.05) is 18.3 Å². The van der Waals surface area contributed by atoms with Crippen LogP contribution in [0.25, 0.3) is 11.4 Å². The van der Waals surface area contributed by atoms with Gasteiger partial charge in [0, 0.05) is 19.4 Å². The minimum absolute atomic E-state index is 0.407. The van der Waals surface area contributed by atoms with Crippen molar-refractivity contribution in [3.63, 3.8) is 0 Å². The second-order valence-electron chi connectivity index (χ2n) is 3.23.